The summed E-state index contributed by atoms with van der Waals surface area (Å²) in [6.45, 7) is 0. The summed E-state index contributed by atoms with van der Waals surface area (Å²) in [5.74, 6) is -0.433. The molecule has 0 fully saturated rings. The van der Waals surface area contributed by atoms with Gasteiger partial charge in [0.1, 0.15) is 5.82 Å². The van der Waals surface area contributed by atoms with Crippen LogP contribution in [-0.4, -0.2) is 13.3 Å². The molecule has 3 nitrogen and oxygen atoms in total. The highest BCUT2D eigenvalue weighted by molar-refractivity contribution is 6.32. The van der Waals surface area contributed by atoms with Crippen molar-refractivity contribution in [2.45, 2.75) is 0 Å². The van der Waals surface area contributed by atoms with Crippen molar-refractivity contribution in [3.8, 4) is 5.75 Å². The van der Waals surface area contributed by atoms with Gasteiger partial charge in [0.25, 0.3) is 0 Å². The van der Waals surface area contributed by atoms with Crippen LogP contribution in [0.25, 0.3) is 0 Å². The summed E-state index contributed by atoms with van der Waals surface area (Å²) in [6, 6.07) is 3.42. The lowest BCUT2D eigenvalue weighted by Gasteiger charge is -2.03. The third kappa shape index (κ3) is 2.59. The van der Waals surface area contributed by atoms with Crippen LogP contribution in [0.1, 0.15) is 0 Å². The highest BCUT2D eigenvalue weighted by Gasteiger charge is 2.08. The molecule has 0 amide bonds. The molecule has 0 unspecified atom stereocenters. The minimum atomic E-state index is -0.895. The van der Waals surface area contributed by atoms with Gasteiger partial charge in [0.2, 0.25) is 0 Å². The molecule has 1 aromatic rings. The molecule has 0 saturated carbocycles. The zero-order valence-corrected chi connectivity index (χ0v) is 7.47. The molecule has 1 aromatic carbocycles. The number of rotatable bonds is 1. The average molecular weight is 205 g/mol. The second kappa shape index (κ2) is 4.09. The molecule has 0 aliphatic carbocycles. The second-order valence-corrected chi connectivity index (χ2v) is 2.54. The van der Waals surface area contributed by atoms with Crippen LogP contribution in [0.15, 0.2) is 18.2 Å². The molecule has 0 bridgehead atoms. The summed E-state index contributed by atoms with van der Waals surface area (Å²) in [6.07, 6.45) is -0.895. The molecule has 0 radical (unpaired) electrons. The van der Waals surface area contributed by atoms with E-state index >= 15 is 0 Å². The second-order valence-electron chi connectivity index (χ2n) is 2.13. The van der Waals surface area contributed by atoms with Crippen molar-refractivity contribution in [2.75, 3.05) is 7.11 Å². The number of hydrogen-bond donors (Lipinski definition) is 0. The van der Waals surface area contributed by atoms with Gasteiger partial charge in [-0.15, -0.1) is 0 Å². The van der Waals surface area contributed by atoms with Gasteiger partial charge >= 0.3 is 6.16 Å². The van der Waals surface area contributed by atoms with E-state index in [9.17, 15) is 9.18 Å². The fourth-order valence-electron chi connectivity index (χ4n) is 0.689. The normalized spacial score (nSPS) is 9.46. The van der Waals surface area contributed by atoms with Crippen molar-refractivity contribution in [3.63, 3.8) is 0 Å². The maximum atomic E-state index is 12.5. The third-order valence-corrected chi connectivity index (χ3v) is 1.55. The van der Waals surface area contributed by atoms with E-state index in [1.165, 1.54) is 13.2 Å². The molecule has 0 atom stereocenters. The summed E-state index contributed by atoms with van der Waals surface area (Å²) in [7, 11) is 1.17. The van der Waals surface area contributed by atoms with Crippen LogP contribution in [-0.2, 0) is 4.74 Å². The summed E-state index contributed by atoms with van der Waals surface area (Å²) in [5.41, 5.74) is 0. The monoisotopic (exact) mass is 204 g/mol. The van der Waals surface area contributed by atoms with Gasteiger partial charge in [-0.25, -0.2) is 9.18 Å². The number of hydrogen-bond acceptors (Lipinski definition) is 3. The first kappa shape index (κ1) is 9.80. The summed E-state index contributed by atoms with van der Waals surface area (Å²) in [5, 5.41) is 0.0189. The Morgan fingerprint density at radius 1 is 1.54 bits per heavy atom. The van der Waals surface area contributed by atoms with Gasteiger partial charge < -0.3 is 9.47 Å². The molecule has 0 spiro atoms. The standard InChI is InChI=1S/C8H6ClFO3/c1-12-8(11)13-7-3-2-5(10)4-6(7)9/h2-4H,1H3. The number of carbonyl (C=O) groups excluding carboxylic acids is 1. The van der Waals surface area contributed by atoms with Crippen molar-refractivity contribution in [1.82, 2.24) is 0 Å². The van der Waals surface area contributed by atoms with Crippen molar-refractivity contribution in [1.29, 1.82) is 0 Å². The van der Waals surface area contributed by atoms with Crippen molar-refractivity contribution in [2.24, 2.45) is 0 Å². The molecule has 13 heavy (non-hydrogen) atoms. The van der Waals surface area contributed by atoms with E-state index in [0.29, 0.717) is 0 Å². The zero-order chi connectivity index (χ0) is 9.84. The Morgan fingerprint density at radius 2 is 2.23 bits per heavy atom. The molecular weight excluding hydrogens is 199 g/mol. The van der Waals surface area contributed by atoms with Crippen LogP contribution < -0.4 is 4.74 Å². The van der Waals surface area contributed by atoms with Gasteiger partial charge in [-0.3, -0.25) is 0 Å². The Kier molecular flexibility index (Phi) is 3.08. The fourth-order valence-corrected chi connectivity index (χ4v) is 0.895. The van der Waals surface area contributed by atoms with Crippen LogP contribution in [0.2, 0.25) is 5.02 Å². The molecule has 0 N–H and O–H groups in total. The lowest BCUT2D eigenvalue weighted by Crippen LogP contribution is -2.07. The number of halogens is 2. The topological polar surface area (TPSA) is 35.5 Å². The molecule has 0 aromatic heterocycles. The largest absolute Gasteiger partial charge is 0.513 e. The van der Waals surface area contributed by atoms with Crippen molar-refractivity contribution in [3.05, 3.63) is 29.0 Å². The first-order valence-electron chi connectivity index (χ1n) is 3.34. The van der Waals surface area contributed by atoms with Crippen LogP contribution in [0.5, 0.6) is 5.75 Å². The maximum absolute atomic E-state index is 12.5. The van der Waals surface area contributed by atoms with E-state index < -0.39 is 12.0 Å². The van der Waals surface area contributed by atoms with Crippen LogP contribution >= 0.6 is 11.6 Å². The van der Waals surface area contributed by atoms with E-state index in [0.717, 1.165) is 12.1 Å². The third-order valence-electron chi connectivity index (χ3n) is 1.25. The van der Waals surface area contributed by atoms with Gasteiger partial charge in [-0.2, -0.15) is 0 Å². The number of benzene rings is 1. The van der Waals surface area contributed by atoms with E-state index in [4.69, 9.17) is 11.6 Å². The number of methoxy groups -OCH3 is 1. The van der Waals surface area contributed by atoms with Crippen LogP contribution in [0, 0.1) is 5.82 Å². The summed E-state index contributed by atoms with van der Waals surface area (Å²) < 4.78 is 21.3. The molecule has 0 saturated heterocycles. The number of ether oxygens (including phenoxy) is 2. The lowest BCUT2D eigenvalue weighted by molar-refractivity contribution is 0.121. The van der Waals surface area contributed by atoms with Crippen LogP contribution in [0.3, 0.4) is 0 Å². The van der Waals surface area contributed by atoms with E-state index in [1.807, 2.05) is 0 Å². The first-order valence-corrected chi connectivity index (χ1v) is 3.72. The Labute approximate surface area is 79.0 Å². The highest BCUT2D eigenvalue weighted by atomic mass is 35.5. The van der Waals surface area contributed by atoms with Crippen LogP contribution in [0.4, 0.5) is 9.18 Å². The molecule has 70 valence electrons. The predicted molar refractivity (Wildman–Crippen MR) is 44.4 cm³/mol. The molecule has 0 aliphatic heterocycles. The van der Waals surface area contributed by atoms with E-state index in [1.54, 1.807) is 0 Å². The summed E-state index contributed by atoms with van der Waals surface area (Å²) in [4.78, 5) is 10.6. The smallest absolute Gasteiger partial charge is 0.437 e. The molecule has 5 heteroatoms. The SMILES string of the molecule is COC(=O)Oc1ccc(F)cc1Cl. The van der Waals surface area contributed by atoms with Crippen molar-refractivity contribution >= 4 is 17.8 Å². The van der Waals surface area contributed by atoms with Crippen molar-refractivity contribution < 1.29 is 18.7 Å². The molecule has 0 heterocycles. The van der Waals surface area contributed by atoms with E-state index in [-0.39, 0.29) is 10.8 Å². The van der Waals surface area contributed by atoms with Gasteiger partial charge in [0.05, 0.1) is 12.1 Å². The first-order chi connectivity index (χ1) is 6.13. The van der Waals surface area contributed by atoms with Gasteiger partial charge in [-0.05, 0) is 18.2 Å². The quantitative estimate of drug-likeness (QED) is 0.521. The fraction of sp³-hybridized carbons (Fsp3) is 0.125. The Morgan fingerprint density at radius 3 is 2.77 bits per heavy atom. The van der Waals surface area contributed by atoms with Gasteiger partial charge in [0.15, 0.2) is 5.75 Å². The Hall–Kier alpha value is -1.29. The predicted octanol–water partition coefficient (Wildman–Crippen LogP) is 2.62. The Balaban J connectivity index is 2.83. The highest BCUT2D eigenvalue weighted by Crippen LogP contribution is 2.24. The van der Waals surface area contributed by atoms with Gasteiger partial charge in [0, 0.05) is 0 Å². The maximum Gasteiger partial charge on any atom is 0.513 e. The average Bonchev–Trinajstić information content (AvgIpc) is 2.09. The molecule has 0 aliphatic rings. The lowest BCUT2D eigenvalue weighted by atomic mass is 10.3. The summed E-state index contributed by atoms with van der Waals surface area (Å²) >= 11 is 5.56. The minimum absolute atomic E-state index is 0.0189. The van der Waals surface area contributed by atoms with Gasteiger partial charge in [-0.1, -0.05) is 11.6 Å². The number of carbonyl (C=O) groups is 1. The minimum Gasteiger partial charge on any atom is -0.437 e. The van der Waals surface area contributed by atoms with E-state index in [2.05, 4.69) is 9.47 Å². The molecule has 1 rings (SSSR count). The molecular formula is C8H6ClFO3. The Bertz CT molecular complexity index is 327. The zero-order valence-electron chi connectivity index (χ0n) is 6.71.